The van der Waals surface area contributed by atoms with Crippen molar-refractivity contribution < 1.29 is 22.4 Å². The van der Waals surface area contributed by atoms with Crippen molar-refractivity contribution in [3.63, 3.8) is 0 Å². The molecule has 4 rings (SSSR count). The summed E-state index contributed by atoms with van der Waals surface area (Å²) in [6.07, 6.45) is 0.616. The van der Waals surface area contributed by atoms with Gasteiger partial charge in [0, 0.05) is 37.1 Å². The van der Waals surface area contributed by atoms with Crippen molar-refractivity contribution in [2.24, 2.45) is 4.99 Å². The third-order valence-electron chi connectivity index (χ3n) is 5.43. The normalized spacial score (nSPS) is 18.9. The predicted molar refractivity (Wildman–Crippen MR) is 108 cm³/mol. The maximum absolute atomic E-state index is 13.5. The van der Waals surface area contributed by atoms with Crippen LogP contribution < -0.4 is 5.32 Å². The number of hydrogen-bond donors (Lipinski definition) is 1. The van der Waals surface area contributed by atoms with E-state index >= 15 is 0 Å². The van der Waals surface area contributed by atoms with Gasteiger partial charge in [-0.3, -0.25) is 14.6 Å². The van der Waals surface area contributed by atoms with E-state index in [0.717, 1.165) is 0 Å². The number of sulfonamides is 1. The third-order valence-corrected chi connectivity index (χ3v) is 7.35. The molecule has 0 saturated carbocycles. The van der Waals surface area contributed by atoms with E-state index in [1.807, 2.05) is 0 Å². The Morgan fingerprint density at radius 3 is 2.40 bits per heavy atom. The van der Waals surface area contributed by atoms with Crippen LogP contribution in [0.3, 0.4) is 0 Å². The molecule has 0 aliphatic carbocycles. The molecule has 0 unspecified atom stereocenters. The molecule has 9 heteroatoms. The first-order valence-corrected chi connectivity index (χ1v) is 10.9. The van der Waals surface area contributed by atoms with Gasteiger partial charge in [-0.05, 0) is 31.2 Å². The predicted octanol–water partition coefficient (Wildman–Crippen LogP) is 2.13. The maximum Gasteiger partial charge on any atom is 0.272 e. The summed E-state index contributed by atoms with van der Waals surface area (Å²) in [7, 11) is -3.72. The molecule has 1 N–H and O–H groups in total. The molecule has 1 amide bonds. The van der Waals surface area contributed by atoms with E-state index in [9.17, 15) is 22.4 Å². The Balaban J connectivity index is 1.52. The second-order valence-electron chi connectivity index (χ2n) is 7.44. The number of aliphatic imine (C=N–C) groups is 1. The fourth-order valence-corrected chi connectivity index (χ4v) is 5.18. The van der Waals surface area contributed by atoms with E-state index in [2.05, 4.69) is 10.3 Å². The highest BCUT2D eigenvalue weighted by molar-refractivity contribution is 7.89. The van der Waals surface area contributed by atoms with Gasteiger partial charge in [-0.25, -0.2) is 12.8 Å². The highest BCUT2D eigenvalue weighted by Gasteiger charge is 2.44. The largest absolute Gasteiger partial charge is 0.326 e. The van der Waals surface area contributed by atoms with Crippen LogP contribution in [0, 0.1) is 5.82 Å². The fraction of sp³-hybridized carbons (Fsp3) is 0.286. The average Bonchev–Trinajstić information content (AvgIpc) is 3.04. The van der Waals surface area contributed by atoms with Gasteiger partial charge in [-0.2, -0.15) is 4.31 Å². The number of nitrogens with one attached hydrogen (secondary N) is 1. The zero-order chi connectivity index (χ0) is 21.5. The summed E-state index contributed by atoms with van der Waals surface area (Å²) in [5.74, 6) is -0.986. The molecular formula is C21H20FN3O4S. The average molecular weight is 429 g/mol. The van der Waals surface area contributed by atoms with Crippen LogP contribution in [0.15, 0.2) is 58.4 Å². The monoisotopic (exact) mass is 429 g/mol. The molecular weight excluding hydrogens is 409 g/mol. The Morgan fingerprint density at radius 2 is 1.80 bits per heavy atom. The van der Waals surface area contributed by atoms with Crippen molar-refractivity contribution in [3.05, 3.63) is 65.5 Å². The number of nitrogens with zero attached hydrogens (tertiary/aromatic N) is 2. The number of halogens is 1. The number of Topliss-reactive ketones (excluding diaryl/α,β-unsaturated/α-hetero) is 1. The van der Waals surface area contributed by atoms with Crippen LogP contribution in [0.1, 0.15) is 35.7 Å². The number of carbonyl (C=O) groups excluding carboxylic acids is 2. The summed E-state index contributed by atoms with van der Waals surface area (Å²) in [5, 5.41) is 2.84. The van der Waals surface area contributed by atoms with Crippen LogP contribution in [0.5, 0.6) is 0 Å². The van der Waals surface area contributed by atoms with E-state index in [4.69, 9.17) is 0 Å². The molecule has 156 valence electrons. The van der Waals surface area contributed by atoms with Gasteiger partial charge in [0.05, 0.1) is 4.90 Å². The van der Waals surface area contributed by atoms with Crippen molar-refractivity contribution >= 4 is 27.4 Å². The van der Waals surface area contributed by atoms with Crippen LogP contribution in [-0.2, 0) is 14.8 Å². The minimum atomic E-state index is -3.72. The van der Waals surface area contributed by atoms with Gasteiger partial charge in [0.1, 0.15) is 17.2 Å². The highest BCUT2D eigenvalue weighted by Crippen LogP contribution is 2.31. The summed E-state index contributed by atoms with van der Waals surface area (Å²) in [6, 6.07) is 11.5. The van der Waals surface area contributed by atoms with Crippen molar-refractivity contribution in [2.45, 2.75) is 30.3 Å². The lowest BCUT2D eigenvalue weighted by atomic mass is 10.00. The molecule has 2 aliphatic heterocycles. The van der Waals surface area contributed by atoms with Gasteiger partial charge in [0.25, 0.3) is 5.91 Å². The number of piperidine rings is 1. The number of carbonyl (C=O) groups is 2. The van der Waals surface area contributed by atoms with Crippen molar-refractivity contribution in [1.82, 2.24) is 9.62 Å². The van der Waals surface area contributed by atoms with Gasteiger partial charge < -0.3 is 5.32 Å². The molecule has 1 spiro atoms. The lowest BCUT2D eigenvalue weighted by Gasteiger charge is -2.36. The van der Waals surface area contributed by atoms with Gasteiger partial charge in [-0.1, -0.05) is 24.3 Å². The molecule has 0 bridgehead atoms. The second kappa shape index (κ2) is 7.41. The Labute approximate surface area is 173 Å². The third kappa shape index (κ3) is 3.66. The number of benzene rings is 2. The zero-order valence-electron chi connectivity index (χ0n) is 16.3. The van der Waals surface area contributed by atoms with Crippen LogP contribution in [0.2, 0.25) is 0 Å². The Kier molecular flexibility index (Phi) is 5.03. The van der Waals surface area contributed by atoms with Crippen LogP contribution >= 0.6 is 0 Å². The van der Waals surface area contributed by atoms with Gasteiger partial charge in [-0.15, -0.1) is 0 Å². The SMILES string of the molecule is CC(=O)c1ccc(S(=O)(=O)N2CCC3(CC2)N=C(c2cccc(F)c2)C(=O)N3)cc1. The lowest BCUT2D eigenvalue weighted by molar-refractivity contribution is -0.115. The first-order chi connectivity index (χ1) is 14.2. The first kappa shape index (κ1) is 20.4. The molecule has 2 heterocycles. The van der Waals surface area contributed by atoms with Crippen LogP contribution in [-0.4, -0.2) is 48.9 Å². The van der Waals surface area contributed by atoms with E-state index < -0.39 is 27.4 Å². The molecule has 2 aromatic rings. The molecule has 2 aliphatic rings. The van der Waals surface area contributed by atoms with Gasteiger partial charge in [0.2, 0.25) is 10.0 Å². The second-order valence-corrected chi connectivity index (χ2v) is 9.38. The number of rotatable bonds is 4. The number of ketones is 1. The van der Waals surface area contributed by atoms with E-state index in [0.29, 0.717) is 24.0 Å². The van der Waals surface area contributed by atoms with E-state index in [-0.39, 0.29) is 29.5 Å². The fourth-order valence-electron chi connectivity index (χ4n) is 3.74. The molecule has 0 atom stereocenters. The number of amides is 1. The molecule has 0 radical (unpaired) electrons. The summed E-state index contributed by atoms with van der Waals surface area (Å²) in [4.78, 5) is 28.5. The Hall–Kier alpha value is -2.91. The molecule has 0 aromatic heterocycles. The zero-order valence-corrected chi connectivity index (χ0v) is 17.1. The number of hydrogen-bond acceptors (Lipinski definition) is 5. The van der Waals surface area contributed by atoms with Crippen molar-refractivity contribution in [2.75, 3.05) is 13.1 Å². The summed E-state index contributed by atoms with van der Waals surface area (Å²) < 4.78 is 40.7. The molecule has 7 nitrogen and oxygen atoms in total. The standard InChI is InChI=1S/C21H20FN3O4S/c1-14(26)15-5-7-18(8-6-15)30(28,29)25-11-9-21(10-12-25)23-19(20(27)24-21)16-3-2-4-17(22)13-16/h2-8,13H,9-12H2,1H3,(H,24,27). The quantitative estimate of drug-likeness (QED) is 0.753. The highest BCUT2D eigenvalue weighted by atomic mass is 32.2. The lowest BCUT2D eigenvalue weighted by Crippen LogP contribution is -2.52. The summed E-state index contributed by atoms with van der Waals surface area (Å²) in [5.41, 5.74) is 0.110. The van der Waals surface area contributed by atoms with Crippen LogP contribution in [0.25, 0.3) is 0 Å². The summed E-state index contributed by atoms with van der Waals surface area (Å²) >= 11 is 0. The first-order valence-electron chi connectivity index (χ1n) is 9.50. The molecule has 30 heavy (non-hydrogen) atoms. The maximum atomic E-state index is 13.5. The molecule has 2 aromatic carbocycles. The van der Waals surface area contributed by atoms with E-state index in [1.54, 1.807) is 6.07 Å². The topological polar surface area (TPSA) is 95.9 Å². The van der Waals surface area contributed by atoms with Gasteiger partial charge >= 0.3 is 0 Å². The smallest absolute Gasteiger partial charge is 0.272 e. The molecule has 1 fully saturated rings. The summed E-state index contributed by atoms with van der Waals surface area (Å²) in [6.45, 7) is 1.77. The Bertz CT molecular complexity index is 1150. The van der Waals surface area contributed by atoms with Crippen LogP contribution in [0.4, 0.5) is 4.39 Å². The minimum absolute atomic E-state index is 0.114. The minimum Gasteiger partial charge on any atom is -0.326 e. The van der Waals surface area contributed by atoms with Crippen molar-refractivity contribution in [3.8, 4) is 0 Å². The van der Waals surface area contributed by atoms with E-state index in [1.165, 1.54) is 53.7 Å². The Morgan fingerprint density at radius 1 is 1.13 bits per heavy atom. The van der Waals surface area contributed by atoms with Gasteiger partial charge in [0.15, 0.2) is 5.78 Å². The molecule has 1 saturated heterocycles. The van der Waals surface area contributed by atoms with Crippen molar-refractivity contribution in [1.29, 1.82) is 0 Å².